The maximum absolute atomic E-state index is 12.5. The van der Waals surface area contributed by atoms with Crippen molar-refractivity contribution in [3.63, 3.8) is 0 Å². The molecule has 0 aromatic heterocycles. The van der Waals surface area contributed by atoms with Crippen molar-refractivity contribution in [3.8, 4) is 5.75 Å². The number of likely N-dealkylation sites (tertiary alicyclic amines) is 1. The highest BCUT2D eigenvalue weighted by Gasteiger charge is 2.36. The summed E-state index contributed by atoms with van der Waals surface area (Å²) in [4.78, 5) is 50.3. The quantitative estimate of drug-likeness (QED) is 0.333. The minimum absolute atomic E-state index is 0.0415. The highest BCUT2D eigenvalue weighted by molar-refractivity contribution is 5.94. The van der Waals surface area contributed by atoms with E-state index in [4.69, 9.17) is 9.47 Å². The van der Waals surface area contributed by atoms with E-state index in [2.05, 4.69) is 10.6 Å². The smallest absolute Gasteiger partial charge is 0.434 e. The fraction of sp³-hybridized carbons (Fsp3) is 0.360. The lowest BCUT2D eigenvalue weighted by Crippen LogP contribution is -2.38. The van der Waals surface area contributed by atoms with Crippen LogP contribution in [0.3, 0.4) is 0 Å². The van der Waals surface area contributed by atoms with Crippen molar-refractivity contribution >= 4 is 23.9 Å². The molecule has 34 heavy (non-hydrogen) atoms. The maximum Gasteiger partial charge on any atom is 0.513 e. The Hall–Kier alpha value is -3.88. The minimum Gasteiger partial charge on any atom is -0.434 e. The fourth-order valence-electron chi connectivity index (χ4n) is 3.72. The lowest BCUT2D eigenvalue weighted by Gasteiger charge is -2.25. The summed E-state index contributed by atoms with van der Waals surface area (Å²) in [5.41, 5.74) is 1.41. The van der Waals surface area contributed by atoms with Gasteiger partial charge in [0, 0.05) is 31.6 Å². The van der Waals surface area contributed by atoms with Crippen LogP contribution < -0.4 is 15.4 Å². The van der Waals surface area contributed by atoms with Crippen LogP contribution in [-0.2, 0) is 14.3 Å². The van der Waals surface area contributed by atoms with Crippen LogP contribution in [0.1, 0.15) is 42.2 Å². The average Bonchev–Trinajstić information content (AvgIpc) is 3.24. The molecule has 3 amide bonds. The van der Waals surface area contributed by atoms with Crippen molar-refractivity contribution in [1.82, 2.24) is 15.5 Å². The summed E-state index contributed by atoms with van der Waals surface area (Å²) in [6, 6.07) is 15.6. The van der Waals surface area contributed by atoms with E-state index in [1.54, 1.807) is 11.8 Å². The molecule has 2 atom stereocenters. The van der Waals surface area contributed by atoms with Crippen LogP contribution >= 0.6 is 0 Å². The van der Waals surface area contributed by atoms with Crippen molar-refractivity contribution in [2.45, 2.75) is 26.3 Å². The number of carbonyl (C=O) groups is 4. The molecule has 0 aliphatic carbocycles. The molecule has 2 aromatic carbocycles. The Morgan fingerprint density at radius 1 is 1.03 bits per heavy atom. The number of carbonyl (C=O) groups excluding carboxylic acids is 4. The van der Waals surface area contributed by atoms with Gasteiger partial charge in [0.05, 0.1) is 18.6 Å². The lowest BCUT2D eigenvalue weighted by molar-refractivity contribution is -0.130. The molecule has 1 aliphatic heterocycles. The van der Waals surface area contributed by atoms with Crippen molar-refractivity contribution < 1.29 is 28.7 Å². The van der Waals surface area contributed by atoms with Gasteiger partial charge >= 0.3 is 6.16 Å². The predicted molar refractivity (Wildman–Crippen MR) is 124 cm³/mol. The molecule has 1 fully saturated rings. The van der Waals surface area contributed by atoms with Gasteiger partial charge in [0.25, 0.3) is 5.91 Å². The first-order valence-electron chi connectivity index (χ1n) is 11.2. The molecular formula is C25H29N3O6. The average molecular weight is 468 g/mol. The molecule has 0 bridgehead atoms. The van der Waals surface area contributed by atoms with Gasteiger partial charge in [-0.3, -0.25) is 14.4 Å². The molecule has 0 radical (unpaired) electrons. The summed E-state index contributed by atoms with van der Waals surface area (Å²) in [6.45, 7) is 4.68. The van der Waals surface area contributed by atoms with Gasteiger partial charge in [-0.05, 0) is 43.7 Å². The number of nitrogens with zero attached hydrogens (tertiary/aromatic N) is 1. The number of rotatable bonds is 9. The SMILES string of the molecule is CCOC(=O)Oc1ccc(C(=O)NCCNC(=O)C2CC(=O)N(C(C)c3ccccc3)C2)cc1. The first kappa shape index (κ1) is 24.8. The van der Waals surface area contributed by atoms with E-state index in [1.807, 2.05) is 37.3 Å². The molecule has 1 aliphatic rings. The zero-order valence-electron chi connectivity index (χ0n) is 19.3. The van der Waals surface area contributed by atoms with Gasteiger partial charge in [0.1, 0.15) is 5.75 Å². The van der Waals surface area contributed by atoms with Crippen LogP contribution in [0.5, 0.6) is 5.75 Å². The zero-order valence-corrected chi connectivity index (χ0v) is 19.3. The van der Waals surface area contributed by atoms with E-state index in [-0.39, 0.29) is 55.6 Å². The summed E-state index contributed by atoms with van der Waals surface area (Å²) in [6.07, 6.45) is -0.632. The number of hydrogen-bond acceptors (Lipinski definition) is 6. The molecule has 180 valence electrons. The molecule has 2 N–H and O–H groups in total. The van der Waals surface area contributed by atoms with Crippen LogP contribution in [0.15, 0.2) is 54.6 Å². The topological polar surface area (TPSA) is 114 Å². The largest absolute Gasteiger partial charge is 0.513 e. The van der Waals surface area contributed by atoms with E-state index in [9.17, 15) is 19.2 Å². The second-order valence-electron chi connectivity index (χ2n) is 7.89. The Labute approximate surface area is 198 Å². The Kier molecular flexibility index (Phi) is 8.61. The van der Waals surface area contributed by atoms with Crippen molar-refractivity contribution in [1.29, 1.82) is 0 Å². The molecule has 0 saturated carbocycles. The lowest BCUT2D eigenvalue weighted by atomic mass is 10.1. The Morgan fingerprint density at radius 3 is 2.38 bits per heavy atom. The fourth-order valence-corrected chi connectivity index (χ4v) is 3.72. The van der Waals surface area contributed by atoms with Crippen molar-refractivity contribution in [2.24, 2.45) is 5.92 Å². The number of benzene rings is 2. The van der Waals surface area contributed by atoms with Crippen LogP contribution in [0.2, 0.25) is 0 Å². The van der Waals surface area contributed by atoms with Crippen molar-refractivity contribution in [2.75, 3.05) is 26.2 Å². The normalized spacial score (nSPS) is 16.0. The molecule has 0 spiro atoms. The van der Waals surface area contributed by atoms with Crippen LogP contribution in [-0.4, -0.2) is 55.0 Å². The van der Waals surface area contributed by atoms with E-state index >= 15 is 0 Å². The number of ether oxygens (including phenoxy) is 2. The summed E-state index contributed by atoms with van der Waals surface area (Å²) in [5.74, 6) is -0.716. The minimum atomic E-state index is -0.808. The first-order valence-corrected chi connectivity index (χ1v) is 11.2. The molecule has 2 unspecified atom stereocenters. The van der Waals surface area contributed by atoms with E-state index in [0.717, 1.165) is 5.56 Å². The number of amides is 3. The van der Waals surface area contributed by atoms with Crippen LogP contribution in [0.25, 0.3) is 0 Å². The van der Waals surface area contributed by atoms with Gasteiger partial charge in [0.2, 0.25) is 11.8 Å². The zero-order chi connectivity index (χ0) is 24.5. The summed E-state index contributed by atoms with van der Waals surface area (Å²) < 4.78 is 9.64. The van der Waals surface area contributed by atoms with Gasteiger partial charge in [-0.15, -0.1) is 0 Å². The van der Waals surface area contributed by atoms with Crippen LogP contribution in [0, 0.1) is 5.92 Å². The third-order valence-corrected chi connectivity index (χ3v) is 5.57. The standard InChI is InChI=1S/C25H29N3O6/c1-3-33-25(32)34-21-11-9-19(10-12-21)23(30)26-13-14-27-24(31)20-15-22(29)28(16-20)17(2)18-7-5-4-6-8-18/h4-12,17,20H,3,13-16H2,1-2H3,(H,26,30)(H,27,31). The van der Waals surface area contributed by atoms with Gasteiger partial charge in [-0.1, -0.05) is 30.3 Å². The summed E-state index contributed by atoms with van der Waals surface area (Å²) in [7, 11) is 0. The Bertz CT molecular complexity index is 1010. The summed E-state index contributed by atoms with van der Waals surface area (Å²) in [5, 5.41) is 5.51. The third kappa shape index (κ3) is 6.57. The van der Waals surface area contributed by atoms with Crippen molar-refractivity contribution in [3.05, 3.63) is 65.7 Å². The molecule has 1 saturated heterocycles. The van der Waals surface area contributed by atoms with Gasteiger partial charge in [0.15, 0.2) is 0 Å². The highest BCUT2D eigenvalue weighted by atomic mass is 16.7. The first-order chi connectivity index (χ1) is 16.4. The monoisotopic (exact) mass is 467 g/mol. The molecule has 1 heterocycles. The van der Waals surface area contributed by atoms with E-state index < -0.39 is 12.1 Å². The molecule has 2 aromatic rings. The van der Waals surface area contributed by atoms with Gasteiger partial charge in [-0.25, -0.2) is 4.79 Å². The second kappa shape index (κ2) is 11.8. The Morgan fingerprint density at radius 2 is 1.71 bits per heavy atom. The van der Waals surface area contributed by atoms with Gasteiger partial charge < -0.3 is 25.0 Å². The molecular weight excluding hydrogens is 438 g/mol. The molecule has 3 rings (SSSR count). The number of hydrogen-bond donors (Lipinski definition) is 2. The maximum atomic E-state index is 12.5. The summed E-state index contributed by atoms with van der Waals surface area (Å²) >= 11 is 0. The van der Waals surface area contributed by atoms with E-state index in [1.165, 1.54) is 24.3 Å². The molecule has 9 nitrogen and oxygen atoms in total. The van der Waals surface area contributed by atoms with Gasteiger partial charge in [-0.2, -0.15) is 0 Å². The third-order valence-electron chi connectivity index (χ3n) is 5.57. The number of nitrogens with one attached hydrogen (secondary N) is 2. The molecule has 9 heteroatoms. The highest BCUT2D eigenvalue weighted by Crippen LogP contribution is 2.28. The van der Waals surface area contributed by atoms with E-state index in [0.29, 0.717) is 12.1 Å². The van der Waals surface area contributed by atoms with Crippen LogP contribution in [0.4, 0.5) is 4.79 Å². The second-order valence-corrected chi connectivity index (χ2v) is 7.89. The predicted octanol–water partition coefficient (Wildman–Crippen LogP) is 2.68. The Balaban J connectivity index is 1.40.